The number of benzene rings is 1. The molecule has 2 atom stereocenters. The molecule has 0 saturated heterocycles. The second-order valence-electron chi connectivity index (χ2n) is 5.47. The first-order valence-corrected chi connectivity index (χ1v) is 7.88. The number of nitrogens with two attached hydrogens (primary N) is 1. The van der Waals surface area contributed by atoms with Crippen molar-refractivity contribution < 1.29 is 14.3 Å². The fraction of sp³-hybridized carbons (Fsp3) is 0.588. The maximum atomic E-state index is 12.0. The quantitative estimate of drug-likeness (QED) is 0.818. The predicted octanol–water partition coefficient (Wildman–Crippen LogP) is 3.13. The average Bonchev–Trinajstić information content (AvgIpc) is 2.48. The van der Waals surface area contributed by atoms with Crippen LogP contribution in [0.5, 0.6) is 5.75 Å². The van der Waals surface area contributed by atoms with Crippen molar-refractivity contribution in [3.63, 3.8) is 0 Å². The van der Waals surface area contributed by atoms with Gasteiger partial charge >= 0.3 is 5.97 Å². The van der Waals surface area contributed by atoms with Gasteiger partial charge in [0.05, 0.1) is 6.61 Å². The second kappa shape index (κ2) is 7.46. The largest absolute Gasteiger partial charge is 0.478 e. The second-order valence-corrected chi connectivity index (χ2v) is 5.47. The molecule has 1 aliphatic carbocycles. The first-order valence-electron chi connectivity index (χ1n) is 7.88. The maximum Gasteiger partial charge on any atom is 0.347 e. The third-order valence-electron chi connectivity index (χ3n) is 3.88. The van der Waals surface area contributed by atoms with Gasteiger partial charge in [0.15, 0.2) is 6.10 Å². The molecular weight excluding hydrogens is 266 g/mol. The number of rotatable bonds is 6. The molecule has 0 bridgehead atoms. The van der Waals surface area contributed by atoms with Crippen molar-refractivity contribution in [3.05, 3.63) is 29.3 Å². The Labute approximate surface area is 126 Å². The molecule has 0 amide bonds. The predicted molar refractivity (Wildman–Crippen MR) is 82.3 cm³/mol. The van der Waals surface area contributed by atoms with Gasteiger partial charge in [0.25, 0.3) is 0 Å². The van der Waals surface area contributed by atoms with Crippen LogP contribution in [0.4, 0.5) is 0 Å². The summed E-state index contributed by atoms with van der Waals surface area (Å²) >= 11 is 0. The molecule has 1 aromatic rings. The molecule has 4 heteroatoms. The van der Waals surface area contributed by atoms with E-state index in [9.17, 15) is 4.79 Å². The number of hydrogen-bond acceptors (Lipinski definition) is 4. The summed E-state index contributed by atoms with van der Waals surface area (Å²) in [6, 6.07) is 6.02. The van der Waals surface area contributed by atoms with E-state index >= 15 is 0 Å². The monoisotopic (exact) mass is 291 g/mol. The smallest absolute Gasteiger partial charge is 0.347 e. The van der Waals surface area contributed by atoms with Crippen molar-refractivity contribution >= 4 is 5.97 Å². The fourth-order valence-corrected chi connectivity index (χ4v) is 2.84. The summed E-state index contributed by atoms with van der Waals surface area (Å²) in [4.78, 5) is 12.0. The number of ether oxygens (including phenoxy) is 2. The summed E-state index contributed by atoms with van der Waals surface area (Å²) in [5.74, 6) is 0.506. The zero-order valence-electron chi connectivity index (χ0n) is 12.9. The van der Waals surface area contributed by atoms with E-state index in [0.717, 1.165) is 42.6 Å². The minimum Gasteiger partial charge on any atom is -0.478 e. The first-order chi connectivity index (χ1) is 10.2. The molecule has 1 aromatic carbocycles. The van der Waals surface area contributed by atoms with Gasteiger partial charge in [-0.15, -0.1) is 0 Å². The lowest BCUT2D eigenvalue weighted by Crippen LogP contribution is -2.30. The van der Waals surface area contributed by atoms with Crippen molar-refractivity contribution in [1.29, 1.82) is 0 Å². The average molecular weight is 291 g/mol. The Morgan fingerprint density at radius 1 is 1.43 bits per heavy atom. The molecule has 0 saturated carbocycles. The van der Waals surface area contributed by atoms with E-state index in [0.29, 0.717) is 13.0 Å². The molecule has 0 fully saturated rings. The Kier molecular flexibility index (Phi) is 5.62. The molecule has 0 spiro atoms. The third kappa shape index (κ3) is 3.76. The van der Waals surface area contributed by atoms with Gasteiger partial charge < -0.3 is 15.2 Å². The van der Waals surface area contributed by atoms with Gasteiger partial charge in [-0.1, -0.05) is 25.5 Å². The number of fused-ring (bicyclic) bond motifs is 1. The number of carbonyl (C=O) groups excluding carboxylic acids is 1. The van der Waals surface area contributed by atoms with Crippen LogP contribution >= 0.6 is 0 Å². The van der Waals surface area contributed by atoms with E-state index in [1.54, 1.807) is 0 Å². The normalized spacial score (nSPS) is 18.7. The Hall–Kier alpha value is -1.55. The minimum atomic E-state index is -0.528. The van der Waals surface area contributed by atoms with Gasteiger partial charge in [-0.05, 0) is 49.8 Å². The van der Waals surface area contributed by atoms with Crippen LogP contribution in [-0.2, 0) is 16.0 Å². The highest BCUT2D eigenvalue weighted by atomic mass is 16.6. The number of esters is 1. The molecule has 116 valence electrons. The molecular formula is C17H25NO3. The van der Waals surface area contributed by atoms with Crippen molar-refractivity contribution in [2.75, 3.05) is 6.61 Å². The molecule has 2 N–H and O–H groups in total. The van der Waals surface area contributed by atoms with E-state index in [4.69, 9.17) is 15.2 Å². The van der Waals surface area contributed by atoms with Crippen molar-refractivity contribution in [2.24, 2.45) is 5.73 Å². The molecule has 0 aromatic heterocycles. The van der Waals surface area contributed by atoms with Gasteiger partial charge in [-0.2, -0.15) is 0 Å². The molecule has 2 unspecified atom stereocenters. The van der Waals surface area contributed by atoms with E-state index in [1.807, 2.05) is 26.0 Å². The summed E-state index contributed by atoms with van der Waals surface area (Å²) in [6.45, 7) is 4.22. The van der Waals surface area contributed by atoms with Crippen LogP contribution in [0.15, 0.2) is 18.2 Å². The summed E-state index contributed by atoms with van der Waals surface area (Å²) < 4.78 is 11.1. The summed E-state index contributed by atoms with van der Waals surface area (Å²) in [5, 5.41) is 0. The lowest BCUT2D eigenvalue weighted by Gasteiger charge is -2.26. The van der Waals surface area contributed by atoms with Crippen LogP contribution < -0.4 is 10.5 Å². The maximum absolute atomic E-state index is 12.0. The molecule has 21 heavy (non-hydrogen) atoms. The minimum absolute atomic E-state index is 0.0736. The highest BCUT2D eigenvalue weighted by molar-refractivity contribution is 5.75. The molecule has 0 heterocycles. The highest BCUT2D eigenvalue weighted by Gasteiger charge is 2.25. The van der Waals surface area contributed by atoms with Crippen molar-refractivity contribution in [2.45, 2.75) is 58.1 Å². The molecule has 0 aliphatic heterocycles. The molecule has 0 radical (unpaired) electrons. The number of carbonyl (C=O) groups is 1. The Balaban J connectivity index is 2.21. The Morgan fingerprint density at radius 2 is 2.24 bits per heavy atom. The zero-order chi connectivity index (χ0) is 15.2. The standard InChI is InChI=1S/C17H25NO3/c1-3-7-16(17(19)20-4-2)21-15-11-6-8-12-13(15)9-5-10-14(12)18/h6,8,11,14,16H,3-5,7,9-10,18H2,1-2H3. The Morgan fingerprint density at radius 3 is 2.95 bits per heavy atom. The van der Waals surface area contributed by atoms with Gasteiger partial charge in [-0.25, -0.2) is 4.79 Å². The summed E-state index contributed by atoms with van der Waals surface area (Å²) in [6.07, 6.45) is 4.03. The van der Waals surface area contributed by atoms with Crippen LogP contribution in [0.3, 0.4) is 0 Å². The van der Waals surface area contributed by atoms with Crippen LogP contribution in [-0.4, -0.2) is 18.7 Å². The van der Waals surface area contributed by atoms with Crippen molar-refractivity contribution in [1.82, 2.24) is 0 Å². The zero-order valence-corrected chi connectivity index (χ0v) is 12.9. The van der Waals surface area contributed by atoms with Gasteiger partial charge in [0, 0.05) is 6.04 Å². The van der Waals surface area contributed by atoms with Crippen LogP contribution in [0.25, 0.3) is 0 Å². The summed E-state index contributed by atoms with van der Waals surface area (Å²) in [5.41, 5.74) is 8.47. The lowest BCUT2D eigenvalue weighted by atomic mass is 9.87. The van der Waals surface area contributed by atoms with E-state index in [1.165, 1.54) is 0 Å². The van der Waals surface area contributed by atoms with Crippen LogP contribution in [0.1, 0.15) is 56.7 Å². The van der Waals surface area contributed by atoms with Gasteiger partial charge in [-0.3, -0.25) is 0 Å². The fourth-order valence-electron chi connectivity index (χ4n) is 2.84. The highest BCUT2D eigenvalue weighted by Crippen LogP contribution is 2.34. The van der Waals surface area contributed by atoms with E-state index in [-0.39, 0.29) is 12.0 Å². The molecule has 1 aliphatic rings. The lowest BCUT2D eigenvalue weighted by molar-refractivity contribution is -0.151. The van der Waals surface area contributed by atoms with Gasteiger partial charge in [0.2, 0.25) is 0 Å². The molecule has 2 rings (SSSR count). The van der Waals surface area contributed by atoms with Crippen LogP contribution in [0, 0.1) is 0 Å². The van der Waals surface area contributed by atoms with Crippen molar-refractivity contribution in [3.8, 4) is 5.75 Å². The van der Waals surface area contributed by atoms with Gasteiger partial charge in [0.1, 0.15) is 5.75 Å². The number of hydrogen-bond donors (Lipinski definition) is 1. The third-order valence-corrected chi connectivity index (χ3v) is 3.88. The Bertz CT molecular complexity index is 487. The van der Waals surface area contributed by atoms with Crippen LogP contribution in [0.2, 0.25) is 0 Å². The topological polar surface area (TPSA) is 61.5 Å². The summed E-state index contributed by atoms with van der Waals surface area (Å²) in [7, 11) is 0. The SMILES string of the molecule is CCCC(Oc1cccc2c1CCCC2N)C(=O)OCC. The van der Waals surface area contributed by atoms with E-state index in [2.05, 4.69) is 6.07 Å². The molecule has 4 nitrogen and oxygen atoms in total. The van der Waals surface area contributed by atoms with E-state index < -0.39 is 6.10 Å². The first kappa shape index (κ1) is 15.8.